The summed E-state index contributed by atoms with van der Waals surface area (Å²) in [5, 5.41) is 19.1. The van der Waals surface area contributed by atoms with Gasteiger partial charge in [0.15, 0.2) is 0 Å². The molecule has 0 amide bonds. The van der Waals surface area contributed by atoms with Gasteiger partial charge in [-0.25, -0.2) is 0 Å². The van der Waals surface area contributed by atoms with Crippen molar-refractivity contribution in [2.45, 2.75) is 44.1 Å². The summed E-state index contributed by atoms with van der Waals surface area (Å²) in [5.41, 5.74) is 1.24. The van der Waals surface area contributed by atoms with Gasteiger partial charge in [0.25, 0.3) is 5.69 Å². The normalized spacial score (nSPS) is 19.5. The quantitative estimate of drug-likeness (QED) is 0.619. The molecule has 126 valence electrons. The second-order valence-electron chi connectivity index (χ2n) is 6.73. The Labute approximate surface area is 139 Å². The van der Waals surface area contributed by atoms with Gasteiger partial charge in [-0.05, 0) is 44.3 Å². The number of aromatic nitrogens is 2. The maximum atomic E-state index is 10.7. The molecule has 2 aromatic rings. The fourth-order valence-corrected chi connectivity index (χ4v) is 3.23. The third-order valence-electron chi connectivity index (χ3n) is 4.87. The van der Waals surface area contributed by atoms with Gasteiger partial charge in [0.1, 0.15) is 0 Å². The van der Waals surface area contributed by atoms with E-state index < -0.39 is 0 Å². The molecule has 24 heavy (non-hydrogen) atoms. The Hall–Kier alpha value is -2.28. The minimum absolute atomic E-state index is 0.139. The molecule has 1 saturated heterocycles. The van der Waals surface area contributed by atoms with Crippen LogP contribution in [0.5, 0.6) is 0 Å². The average molecular weight is 328 g/mol. The van der Waals surface area contributed by atoms with Crippen molar-refractivity contribution in [1.29, 1.82) is 0 Å². The molecule has 0 bridgehead atoms. The molecule has 1 saturated carbocycles. The summed E-state index contributed by atoms with van der Waals surface area (Å²) in [4.78, 5) is 12.7. The number of likely N-dealkylation sites (tertiary alicyclic amines) is 1. The molecule has 2 heterocycles. The van der Waals surface area contributed by atoms with E-state index >= 15 is 0 Å². The number of nitro groups is 1. The van der Waals surface area contributed by atoms with Crippen molar-refractivity contribution in [3.05, 3.63) is 51.7 Å². The number of non-ortho nitro benzene ring substituents is 1. The maximum absolute atomic E-state index is 10.7. The van der Waals surface area contributed by atoms with E-state index in [0.29, 0.717) is 11.8 Å². The first-order valence-electron chi connectivity index (χ1n) is 8.48. The Morgan fingerprint density at radius 2 is 1.62 bits per heavy atom. The first-order chi connectivity index (χ1) is 11.7. The number of nitrogens with zero attached hydrogens (tertiary/aromatic N) is 4. The lowest BCUT2D eigenvalue weighted by Crippen LogP contribution is -2.32. The Morgan fingerprint density at radius 1 is 1.04 bits per heavy atom. The number of piperidine rings is 1. The largest absolute Gasteiger partial charge is 0.425 e. The van der Waals surface area contributed by atoms with Gasteiger partial charge in [-0.2, -0.15) is 0 Å². The minimum atomic E-state index is -0.366. The molecular weight excluding hydrogens is 308 g/mol. The highest BCUT2D eigenvalue weighted by atomic mass is 16.6. The van der Waals surface area contributed by atoms with Gasteiger partial charge in [-0.15, -0.1) is 10.2 Å². The molecule has 0 spiro atoms. The molecule has 4 rings (SSSR count). The van der Waals surface area contributed by atoms with Gasteiger partial charge in [0, 0.05) is 30.5 Å². The van der Waals surface area contributed by atoms with E-state index in [1.165, 1.54) is 12.8 Å². The standard InChI is InChI=1S/C17H20N4O3/c22-21(23)15-5-1-12(2-6-15)11-20-9-7-14(8-10-20)17-19-18-16(24-17)13-3-4-13/h1-2,5-6,13-14H,3-4,7-11H2. The molecular formula is C17H20N4O3. The van der Waals surface area contributed by atoms with Gasteiger partial charge in [-0.1, -0.05) is 12.1 Å². The molecule has 0 unspecified atom stereocenters. The van der Waals surface area contributed by atoms with Crippen LogP contribution in [0.4, 0.5) is 5.69 Å². The van der Waals surface area contributed by atoms with Crippen molar-refractivity contribution in [3.63, 3.8) is 0 Å². The number of rotatable bonds is 5. The lowest BCUT2D eigenvalue weighted by atomic mass is 9.96. The first kappa shape index (κ1) is 15.3. The summed E-state index contributed by atoms with van der Waals surface area (Å²) >= 11 is 0. The van der Waals surface area contributed by atoms with Crippen molar-refractivity contribution >= 4 is 5.69 Å². The molecule has 7 nitrogen and oxygen atoms in total. The van der Waals surface area contributed by atoms with Crippen LogP contribution in [0.1, 0.15) is 54.9 Å². The van der Waals surface area contributed by atoms with Crippen LogP contribution in [0, 0.1) is 10.1 Å². The monoisotopic (exact) mass is 328 g/mol. The third-order valence-corrected chi connectivity index (χ3v) is 4.87. The van der Waals surface area contributed by atoms with E-state index in [2.05, 4.69) is 15.1 Å². The van der Waals surface area contributed by atoms with Crippen molar-refractivity contribution < 1.29 is 9.34 Å². The highest BCUT2D eigenvalue weighted by molar-refractivity contribution is 5.32. The fourth-order valence-electron chi connectivity index (χ4n) is 3.23. The Morgan fingerprint density at radius 3 is 2.17 bits per heavy atom. The molecule has 1 aromatic heterocycles. The summed E-state index contributed by atoms with van der Waals surface area (Å²) in [5.74, 6) is 2.48. The van der Waals surface area contributed by atoms with Gasteiger partial charge in [0.05, 0.1) is 4.92 Å². The van der Waals surface area contributed by atoms with Gasteiger partial charge < -0.3 is 4.42 Å². The molecule has 0 N–H and O–H groups in total. The van der Waals surface area contributed by atoms with Gasteiger partial charge >= 0.3 is 0 Å². The number of hydrogen-bond donors (Lipinski definition) is 0. The summed E-state index contributed by atoms with van der Waals surface area (Å²) in [6.07, 6.45) is 4.38. The third kappa shape index (κ3) is 3.31. The average Bonchev–Trinajstić information content (AvgIpc) is 3.33. The Bertz CT molecular complexity index is 716. The fraction of sp³-hybridized carbons (Fsp3) is 0.529. The van der Waals surface area contributed by atoms with Crippen LogP contribution >= 0.6 is 0 Å². The highest BCUT2D eigenvalue weighted by Crippen LogP contribution is 2.40. The molecule has 2 aliphatic rings. The van der Waals surface area contributed by atoms with Crippen LogP contribution < -0.4 is 0 Å². The SMILES string of the molecule is O=[N+]([O-])c1ccc(CN2CCC(c3nnc(C4CC4)o3)CC2)cc1. The van der Waals surface area contributed by atoms with E-state index in [1.807, 2.05) is 12.1 Å². The number of benzene rings is 1. The molecule has 0 radical (unpaired) electrons. The van der Waals surface area contributed by atoms with Crippen molar-refractivity contribution in [1.82, 2.24) is 15.1 Å². The lowest BCUT2D eigenvalue weighted by Gasteiger charge is -2.30. The van der Waals surface area contributed by atoms with Crippen LogP contribution in [-0.2, 0) is 6.54 Å². The zero-order chi connectivity index (χ0) is 16.5. The Kier molecular flexibility index (Phi) is 4.02. The van der Waals surface area contributed by atoms with Gasteiger partial charge in [-0.3, -0.25) is 15.0 Å². The summed E-state index contributed by atoms with van der Waals surface area (Å²) < 4.78 is 5.83. The predicted molar refractivity (Wildman–Crippen MR) is 86.6 cm³/mol. The molecule has 1 aliphatic carbocycles. The minimum Gasteiger partial charge on any atom is -0.425 e. The smallest absolute Gasteiger partial charge is 0.269 e. The van der Waals surface area contributed by atoms with Crippen LogP contribution in [0.3, 0.4) is 0 Å². The van der Waals surface area contributed by atoms with E-state index in [-0.39, 0.29) is 10.6 Å². The van der Waals surface area contributed by atoms with Crippen molar-refractivity contribution in [3.8, 4) is 0 Å². The topological polar surface area (TPSA) is 85.3 Å². The summed E-state index contributed by atoms with van der Waals surface area (Å²) in [6, 6.07) is 6.81. The van der Waals surface area contributed by atoms with Gasteiger partial charge in [0.2, 0.25) is 11.8 Å². The summed E-state index contributed by atoms with van der Waals surface area (Å²) in [6.45, 7) is 2.77. The van der Waals surface area contributed by atoms with Crippen molar-refractivity contribution in [2.75, 3.05) is 13.1 Å². The van der Waals surface area contributed by atoms with Crippen molar-refractivity contribution in [2.24, 2.45) is 0 Å². The zero-order valence-corrected chi connectivity index (χ0v) is 13.4. The molecule has 7 heteroatoms. The second-order valence-corrected chi connectivity index (χ2v) is 6.73. The predicted octanol–water partition coefficient (Wildman–Crippen LogP) is 3.23. The first-order valence-corrected chi connectivity index (χ1v) is 8.48. The van der Waals surface area contributed by atoms with E-state index in [4.69, 9.17) is 4.42 Å². The molecule has 2 fully saturated rings. The maximum Gasteiger partial charge on any atom is 0.269 e. The molecule has 0 atom stereocenters. The Balaban J connectivity index is 1.31. The highest BCUT2D eigenvalue weighted by Gasteiger charge is 2.31. The van der Waals surface area contributed by atoms with E-state index in [9.17, 15) is 10.1 Å². The van der Waals surface area contributed by atoms with Crippen LogP contribution in [-0.4, -0.2) is 33.1 Å². The second kappa shape index (κ2) is 6.32. The van der Waals surface area contributed by atoms with Crippen LogP contribution in [0.25, 0.3) is 0 Å². The number of nitro benzene ring substituents is 1. The zero-order valence-electron chi connectivity index (χ0n) is 13.4. The van der Waals surface area contributed by atoms with E-state index in [0.717, 1.165) is 49.8 Å². The van der Waals surface area contributed by atoms with Crippen LogP contribution in [0.2, 0.25) is 0 Å². The molecule has 1 aliphatic heterocycles. The molecule has 1 aromatic carbocycles. The number of hydrogen-bond acceptors (Lipinski definition) is 6. The van der Waals surface area contributed by atoms with E-state index in [1.54, 1.807) is 12.1 Å². The lowest BCUT2D eigenvalue weighted by molar-refractivity contribution is -0.384. The van der Waals surface area contributed by atoms with Crippen LogP contribution in [0.15, 0.2) is 28.7 Å². The summed E-state index contributed by atoms with van der Waals surface area (Å²) in [7, 11) is 0.